The molecule has 7 heteroatoms. The first kappa shape index (κ1) is 20.3. The minimum atomic E-state index is -0.956. The number of rotatable bonds is 7. The summed E-state index contributed by atoms with van der Waals surface area (Å²) in [5, 5.41) is 15.3. The molecule has 0 aliphatic carbocycles. The first-order valence-electron chi connectivity index (χ1n) is 8.95. The molecule has 0 aliphatic heterocycles. The van der Waals surface area contributed by atoms with Crippen molar-refractivity contribution >= 4 is 11.7 Å². The fourth-order valence-corrected chi connectivity index (χ4v) is 2.62. The van der Waals surface area contributed by atoms with Crippen LogP contribution in [0, 0.1) is 11.6 Å². The van der Waals surface area contributed by atoms with E-state index in [0.29, 0.717) is 22.6 Å². The van der Waals surface area contributed by atoms with Crippen LogP contribution in [-0.2, 0) is 6.61 Å². The van der Waals surface area contributed by atoms with E-state index in [2.05, 4.69) is 10.6 Å². The monoisotopic (exact) mass is 398 g/mol. The summed E-state index contributed by atoms with van der Waals surface area (Å²) in [5.74, 6) is -0.217. The van der Waals surface area contributed by atoms with E-state index in [1.807, 2.05) is 0 Å². The number of benzene rings is 3. The molecule has 0 spiro atoms. The topological polar surface area (TPSA) is 70.6 Å². The van der Waals surface area contributed by atoms with Crippen LogP contribution in [0.3, 0.4) is 0 Å². The predicted octanol–water partition coefficient (Wildman–Crippen LogP) is 4.40. The van der Waals surface area contributed by atoms with Gasteiger partial charge in [0.15, 0.2) is 0 Å². The highest BCUT2D eigenvalue weighted by atomic mass is 19.1. The highest BCUT2D eigenvalue weighted by Gasteiger charge is 2.10. The number of carbonyl (C=O) groups excluding carboxylic acids is 1. The first-order chi connectivity index (χ1) is 14.0. The van der Waals surface area contributed by atoms with Crippen LogP contribution in [-0.4, -0.2) is 17.7 Å². The average molecular weight is 398 g/mol. The molecule has 3 rings (SSSR count). The normalized spacial score (nSPS) is 11.6. The van der Waals surface area contributed by atoms with Crippen LogP contribution in [0.1, 0.15) is 17.2 Å². The van der Waals surface area contributed by atoms with Crippen molar-refractivity contribution in [2.75, 3.05) is 11.9 Å². The molecular formula is C22H20F2N2O3. The Morgan fingerprint density at radius 1 is 0.966 bits per heavy atom. The van der Waals surface area contributed by atoms with Gasteiger partial charge in [0, 0.05) is 18.3 Å². The van der Waals surface area contributed by atoms with Gasteiger partial charge in [-0.05, 0) is 47.5 Å². The Balaban J connectivity index is 1.50. The molecule has 1 atom stereocenters. The van der Waals surface area contributed by atoms with Gasteiger partial charge in [-0.15, -0.1) is 0 Å². The summed E-state index contributed by atoms with van der Waals surface area (Å²) in [6, 6.07) is 17.8. The summed E-state index contributed by atoms with van der Waals surface area (Å²) in [5.41, 5.74) is 1.69. The zero-order valence-electron chi connectivity index (χ0n) is 15.4. The summed E-state index contributed by atoms with van der Waals surface area (Å²) >= 11 is 0. The molecule has 0 saturated carbocycles. The zero-order valence-corrected chi connectivity index (χ0v) is 15.4. The molecule has 0 heterocycles. The Kier molecular flexibility index (Phi) is 6.76. The Labute approximate surface area is 167 Å². The number of ether oxygens (including phenoxy) is 1. The van der Waals surface area contributed by atoms with Crippen molar-refractivity contribution < 1.29 is 23.4 Å². The quantitative estimate of drug-likeness (QED) is 0.553. The van der Waals surface area contributed by atoms with E-state index in [0.717, 1.165) is 0 Å². The molecular weight excluding hydrogens is 378 g/mol. The molecule has 0 aromatic heterocycles. The van der Waals surface area contributed by atoms with E-state index in [1.54, 1.807) is 36.4 Å². The van der Waals surface area contributed by atoms with Gasteiger partial charge in [-0.25, -0.2) is 13.6 Å². The third-order valence-corrected chi connectivity index (χ3v) is 4.10. The second-order valence-electron chi connectivity index (χ2n) is 6.35. The third-order valence-electron chi connectivity index (χ3n) is 4.10. The standard InChI is InChI=1S/C22H20F2N2O3/c23-17-9-7-16(8-10-17)21(27)13-25-22(28)26-19-5-2-6-20(12-19)29-14-15-3-1-4-18(24)11-15/h1-12,21,27H,13-14H2,(H2,25,26,28). The summed E-state index contributed by atoms with van der Waals surface area (Å²) in [4.78, 5) is 12.1. The molecule has 0 bridgehead atoms. The maximum Gasteiger partial charge on any atom is 0.319 e. The molecule has 0 aliphatic rings. The van der Waals surface area contributed by atoms with Gasteiger partial charge in [-0.2, -0.15) is 0 Å². The third kappa shape index (κ3) is 6.29. The van der Waals surface area contributed by atoms with Crippen LogP contribution in [0.25, 0.3) is 0 Å². The number of amides is 2. The van der Waals surface area contributed by atoms with Crippen molar-refractivity contribution in [3.63, 3.8) is 0 Å². The molecule has 2 amide bonds. The molecule has 3 aromatic rings. The number of urea groups is 1. The van der Waals surface area contributed by atoms with Crippen LogP contribution in [0.15, 0.2) is 72.8 Å². The van der Waals surface area contributed by atoms with Gasteiger partial charge in [0.05, 0.1) is 6.10 Å². The van der Waals surface area contributed by atoms with Gasteiger partial charge in [-0.1, -0.05) is 30.3 Å². The summed E-state index contributed by atoms with van der Waals surface area (Å²) in [6.07, 6.45) is -0.956. The fourth-order valence-electron chi connectivity index (χ4n) is 2.62. The Hall–Kier alpha value is -3.45. The molecule has 3 N–H and O–H groups in total. The predicted molar refractivity (Wildman–Crippen MR) is 106 cm³/mol. The number of nitrogens with one attached hydrogen (secondary N) is 2. The number of halogens is 2. The van der Waals surface area contributed by atoms with Crippen LogP contribution >= 0.6 is 0 Å². The van der Waals surface area contributed by atoms with Crippen molar-refractivity contribution in [2.24, 2.45) is 0 Å². The lowest BCUT2D eigenvalue weighted by Gasteiger charge is -2.13. The van der Waals surface area contributed by atoms with Gasteiger partial charge in [0.25, 0.3) is 0 Å². The van der Waals surface area contributed by atoms with Crippen molar-refractivity contribution in [3.05, 3.63) is 95.6 Å². The highest BCUT2D eigenvalue weighted by Crippen LogP contribution is 2.19. The number of hydrogen-bond acceptors (Lipinski definition) is 3. The number of carbonyl (C=O) groups is 1. The smallest absolute Gasteiger partial charge is 0.319 e. The zero-order chi connectivity index (χ0) is 20.6. The van der Waals surface area contributed by atoms with Crippen molar-refractivity contribution in [2.45, 2.75) is 12.7 Å². The van der Waals surface area contributed by atoms with Crippen molar-refractivity contribution in [3.8, 4) is 5.75 Å². The SMILES string of the molecule is O=C(NCC(O)c1ccc(F)cc1)Nc1cccc(OCc2cccc(F)c2)c1. The van der Waals surface area contributed by atoms with Gasteiger partial charge in [0.1, 0.15) is 24.0 Å². The molecule has 0 saturated heterocycles. The molecule has 5 nitrogen and oxygen atoms in total. The van der Waals surface area contributed by atoms with E-state index < -0.39 is 18.0 Å². The summed E-state index contributed by atoms with van der Waals surface area (Å²) in [6.45, 7) is 0.157. The van der Waals surface area contributed by atoms with E-state index in [4.69, 9.17) is 4.74 Å². The maximum atomic E-state index is 13.2. The largest absolute Gasteiger partial charge is 0.489 e. The number of anilines is 1. The minimum Gasteiger partial charge on any atom is -0.489 e. The Morgan fingerprint density at radius 2 is 1.72 bits per heavy atom. The lowest BCUT2D eigenvalue weighted by Crippen LogP contribution is -2.32. The lowest BCUT2D eigenvalue weighted by molar-refractivity contribution is 0.175. The number of aliphatic hydroxyl groups is 1. The molecule has 0 radical (unpaired) electrons. The molecule has 29 heavy (non-hydrogen) atoms. The maximum absolute atomic E-state index is 13.2. The second kappa shape index (κ2) is 9.66. The van der Waals surface area contributed by atoms with Gasteiger partial charge >= 0.3 is 6.03 Å². The molecule has 0 fully saturated rings. The Morgan fingerprint density at radius 3 is 2.48 bits per heavy atom. The van der Waals surface area contributed by atoms with Crippen LogP contribution in [0.4, 0.5) is 19.3 Å². The summed E-state index contributed by atoms with van der Waals surface area (Å²) < 4.78 is 31.8. The van der Waals surface area contributed by atoms with Gasteiger partial charge in [0.2, 0.25) is 0 Å². The second-order valence-corrected chi connectivity index (χ2v) is 6.35. The van der Waals surface area contributed by atoms with E-state index in [-0.39, 0.29) is 19.0 Å². The van der Waals surface area contributed by atoms with Crippen molar-refractivity contribution in [1.29, 1.82) is 0 Å². The van der Waals surface area contributed by atoms with Gasteiger partial charge in [-0.3, -0.25) is 0 Å². The van der Waals surface area contributed by atoms with Crippen LogP contribution < -0.4 is 15.4 Å². The van der Waals surface area contributed by atoms with E-state index in [1.165, 1.54) is 36.4 Å². The highest BCUT2D eigenvalue weighted by molar-refractivity contribution is 5.89. The number of aliphatic hydroxyl groups excluding tert-OH is 1. The van der Waals surface area contributed by atoms with Gasteiger partial charge < -0.3 is 20.5 Å². The summed E-state index contributed by atoms with van der Waals surface area (Å²) in [7, 11) is 0. The molecule has 1 unspecified atom stereocenters. The number of hydrogen-bond donors (Lipinski definition) is 3. The lowest BCUT2D eigenvalue weighted by atomic mass is 10.1. The van der Waals surface area contributed by atoms with Crippen LogP contribution in [0.2, 0.25) is 0 Å². The van der Waals surface area contributed by atoms with Crippen LogP contribution in [0.5, 0.6) is 5.75 Å². The fraction of sp³-hybridized carbons (Fsp3) is 0.136. The minimum absolute atomic E-state index is 0.0345. The molecule has 150 valence electrons. The molecule has 3 aromatic carbocycles. The first-order valence-corrected chi connectivity index (χ1v) is 8.95. The van der Waals surface area contributed by atoms with E-state index in [9.17, 15) is 18.7 Å². The Bertz CT molecular complexity index is 964. The van der Waals surface area contributed by atoms with Crippen molar-refractivity contribution in [1.82, 2.24) is 5.32 Å². The van der Waals surface area contributed by atoms with E-state index >= 15 is 0 Å². The average Bonchev–Trinajstić information content (AvgIpc) is 2.71.